The van der Waals surface area contributed by atoms with E-state index in [1.54, 1.807) is 6.08 Å². The van der Waals surface area contributed by atoms with Gasteiger partial charge in [-0.1, -0.05) is 278 Å². The van der Waals surface area contributed by atoms with Crippen LogP contribution in [0.4, 0.5) is 0 Å². The molecule has 0 aromatic carbocycles. The molecule has 6 nitrogen and oxygen atoms in total. The van der Waals surface area contributed by atoms with Crippen molar-refractivity contribution in [3.8, 4) is 0 Å². The van der Waals surface area contributed by atoms with Gasteiger partial charge in [-0.05, 0) is 83.5 Å². The van der Waals surface area contributed by atoms with E-state index in [1.165, 1.54) is 135 Å². The average Bonchev–Trinajstić information content (AvgIpc) is 3.38. The highest BCUT2D eigenvalue weighted by Crippen LogP contribution is 2.16. The summed E-state index contributed by atoms with van der Waals surface area (Å²) in [6.45, 7) is 6.34. The number of carbonyl (C=O) groups is 3. The third kappa shape index (κ3) is 57.0. The Hall–Kier alpha value is -3.93. The number of esters is 3. The molecule has 0 fully saturated rings. The Bertz CT molecular complexity index is 1470. The first kappa shape index (κ1) is 68.1. The molecule has 72 heavy (non-hydrogen) atoms. The lowest BCUT2D eigenvalue weighted by Crippen LogP contribution is -2.30. The highest BCUT2D eigenvalue weighted by Gasteiger charge is 2.19. The summed E-state index contributed by atoms with van der Waals surface area (Å²) < 4.78 is 16.8. The topological polar surface area (TPSA) is 78.9 Å². The van der Waals surface area contributed by atoms with Crippen LogP contribution in [-0.2, 0) is 28.6 Å². The van der Waals surface area contributed by atoms with Crippen LogP contribution < -0.4 is 0 Å². The van der Waals surface area contributed by atoms with E-state index in [9.17, 15) is 14.4 Å². The van der Waals surface area contributed by atoms with Crippen molar-refractivity contribution in [3.63, 3.8) is 0 Å². The summed E-state index contributed by atoms with van der Waals surface area (Å²) in [5.41, 5.74) is 0. The quantitative estimate of drug-likeness (QED) is 0.0261. The van der Waals surface area contributed by atoms with Crippen LogP contribution >= 0.6 is 0 Å². The molecule has 0 bridgehead atoms. The predicted octanol–water partition coefficient (Wildman–Crippen LogP) is 20.3. The summed E-state index contributed by atoms with van der Waals surface area (Å²) >= 11 is 0. The van der Waals surface area contributed by atoms with E-state index < -0.39 is 12.1 Å². The van der Waals surface area contributed by atoms with E-state index in [0.29, 0.717) is 12.8 Å². The fraction of sp³-hybridized carbons (Fsp3) is 0.682. The summed E-state index contributed by atoms with van der Waals surface area (Å²) in [6, 6.07) is 0. The molecule has 0 saturated carbocycles. The van der Waals surface area contributed by atoms with Crippen LogP contribution in [0.5, 0.6) is 0 Å². The minimum atomic E-state index is -0.833. The lowest BCUT2D eigenvalue weighted by molar-refractivity contribution is -0.166. The minimum absolute atomic E-state index is 0.0960. The van der Waals surface area contributed by atoms with Gasteiger partial charge >= 0.3 is 17.9 Å². The molecule has 410 valence electrons. The van der Waals surface area contributed by atoms with Crippen molar-refractivity contribution in [1.82, 2.24) is 0 Å². The Morgan fingerprint density at radius 2 is 0.583 bits per heavy atom. The van der Waals surface area contributed by atoms with Crippen molar-refractivity contribution in [2.75, 3.05) is 13.2 Å². The Morgan fingerprint density at radius 1 is 0.306 bits per heavy atom. The summed E-state index contributed by atoms with van der Waals surface area (Å²) in [6.07, 6.45) is 81.1. The molecule has 0 heterocycles. The molecule has 0 aliphatic carbocycles. The van der Waals surface area contributed by atoms with E-state index in [-0.39, 0.29) is 31.6 Å². The monoisotopic (exact) mass is 999 g/mol. The van der Waals surface area contributed by atoms with Gasteiger partial charge < -0.3 is 14.2 Å². The maximum absolute atomic E-state index is 12.8. The summed E-state index contributed by atoms with van der Waals surface area (Å²) in [5.74, 6) is -1.04. The van der Waals surface area contributed by atoms with Crippen LogP contribution in [0.2, 0.25) is 0 Å². The van der Waals surface area contributed by atoms with Gasteiger partial charge in [-0.15, -0.1) is 0 Å². The first-order valence-electron chi connectivity index (χ1n) is 29.9. The third-order valence-electron chi connectivity index (χ3n) is 12.6. The average molecular weight is 1000 g/mol. The summed E-state index contributed by atoms with van der Waals surface area (Å²) in [5, 5.41) is 0. The molecular formula is C66H110O6. The largest absolute Gasteiger partial charge is 0.462 e. The van der Waals surface area contributed by atoms with Crippen molar-refractivity contribution in [2.45, 2.75) is 277 Å². The zero-order chi connectivity index (χ0) is 52.2. The van der Waals surface area contributed by atoms with Gasteiger partial charge in [0, 0.05) is 12.8 Å². The van der Waals surface area contributed by atoms with Crippen LogP contribution in [0.1, 0.15) is 271 Å². The highest BCUT2D eigenvalue weighted by atomic mass is 16.6. The summed E-state index contributed by atoms with van der Waals surface area (Å²) in [4.78, 5) is 38.1. The van der Waals surface area contributed by atoms with Crippen LogP contribution in [0.3, 0.4) is 0 Å². The second-order valence-electron chi connectivity index (χ2n) is 19.5. The van der Waals surface area contributed by atoms with Gasteiger partial charge in [0.1, 0.15) is 13.2 Å². The zero-order valence-corrected chi connectivity index (χ0v) is 46.9. The van der Waals surface area contributed by atoms with Gasteiger partial charge in [0.2, 0.25) is 0 Å². The number of ether oxygens (including phenoxy) is 3. The molecule has 0 amide bonds. The maximum atomic E-state index is 12.8. The predicted molar refractivity (Wildman–Crippen MR) is 311 cm³/mol. The molecule has 0 N–H and O–H groups in total. The fourth-order valence-electron chi connectivity index (χ4n) is 8.16. The Labute approximate surface area is 444 Å². The molecule has 0 aromatic rings. The van der Waals surface area contributed by atoms with Gasteiger partial charge in [-0.3, -0.25) is 14.4 Å². The number of rotatable bonds is 53. The smallest absolute Gasteiger partial charge is 0.310 e. The van der Waals surface area contributed by atoms with Crippen LogP contribution in [0, 0.1) is 0 Å². The lowest BCUT2D eigenvalue weighted by Gasteiger charge is -2.18. The number of allylic oxidation sites excluding steroid dienone is 17. The molecule has 0 aliphatic rings. The van der Waals surface area contributed by atoms with Crippen molar-refractivity contribution in [3.05, 3.63) is 109 Å². The van der Waals surface area contributed by atoms with E-state index in [0.717, 1.165) is 96.3 Å². The lowest BCUT2D eigenvalue weighted by atomic mass is 10.0. The van der Waals surface area contributed by atoms with Gasteiger partial charge in [0.15, 0.2) is 6.10 Å². The zero-order valence-electron chi connectivity index (χ0n) is 46.9. The number of carbonyl (C=O) groups excluding carboxylic acids is 3. The molecule has 0 radical (unpaired) electrons. The van der Waals surface area contributed by atoms with E-state index >= 15 is 0 Å². The first-order valence-corrected chi connectivity index (χ1v) is 29.9. The number of hydrogen-bond acceptors (Lipinski definition) is 6. The van der Waals surface area contributed by atoms with Crippen molar-refractivity contribution >= 4 is 17.9 Å². The SMILES string of the molecule is CC/C=C\C/C=C\C/C=C\C/C=C\C/C=C\CC(=O)OC(COC(=O)CCCCCCCCCCCCCC/C=C\C/C=C\C/C=C\C/C=C\CC)COC(=O)CCCCCCCCCCCCCCCC. The third-order valence-corrected chi connectivity index (χ3v) is 12.6. The molecule has 0 rings (SSSR count). The molecule has 6 heteroatoms. The Balaban J connectivity index is 4.38. The van der Waals surface area contributed by atoms with Gasteiger partial charge in [0.25, 0.3) is 0 Å². The number of hydrogen-bond donors (Lipinski definition) is 0. The maximum Gasteiger partial charge on any atom is 0.310 e. The second kappa shape index (κ2) is 59.6. The van der Waals surface area contributed by atoms with Gasteiger partial charge in [-0.25, -0.2) is 0 Å². The Kier molecular flexibility index (Phi) is 56.4. The van der Waals surface area contributed by atoms with E-state index in [2.05, 4.69) is 118 Å². The highest BCUT2D eigenvalue weighted by molar-refractivity contribution is 5.72. The van der Waals surface area contributed by atoms with Crippen molar-refractivity contribution in [2.24, 2.45) is 0 Å². The van der Waals surface area contributed by atoms with Crippen LogP contribution in [0.15, 0.2) is 109 Å². The molecular weight excluding hydrogens is 889 g/mol. The molecule has 1 atom stereocenters. The molecule has 0 aromatic heterocycles. The molecule has 0 spiro atoms. The fourth-order valence-corrected chi connectivity index (χ4v) is 8.16. The summed E-state index contributed by atoms with van der Waals surface area (Å²) in [7, 11) is 0. The molecule has 0 saturated heterocycles. The van der Waals surface area contributed by atoms with Crippen LogP contribution in [-0.4, -0.2) is 37.2 Å². The first-order chi connectivity index (χ1) is 35.5. The second-order valence-corrected chi connectivity index (χ2v) is 19.5. The van der Waals surface area contributed by atoms with Crippen molar-refractivity contribution in [1.29, 1.82) is 0 Å². The van der Waals surface area contributed by atoms with E-state index in [4.69, 9.17) is 14.2 Å². The molecule has 1 unspecified atom stereocenters. The molecule has 0 aliphatic heterocycles. The van der Waals surface area contributed by atoms with Crippen LogP contribution in [0.25, 0.3) is 0 Å². The number of unbranched alkanes of at least 4 members (excludes halogenated alkanes) is 25. The van der Waals surface area contributed by atoms with Gasteiger partial charge in [-0.2, -0.15) is 0 Å². The van der Waals surface area contributed by atoms with Gasteiger partial charge in [0.05, 0.1) is 6.42 Å². The van der Waals surface area contributed by atoms with E-state index in [1.807, 2.05) is 6.08 Å². The minimum Gasteiger partial charge on any atom is -0.462 e. The Morgan fingerprint density at radius 3 is 0.917 bits per heavy atom. The normalized spacial score (nSPS) is 12.9. The van der Waals surface area contributed by atoms with Crippen molar-refractivity contribution < 1.29 is 28.6 Å². The standard InChI is InChI=1S/C66H110O6/c1-4-7-10-13-16-19-22-25-28-29-30-31-32-33-34-35-36-37-39-41-44-47-50-53-56-59-65(68)71-62-63(61-70-64(67)58-55-52-49-46-43-40-27-24-21-18-15-12-9-6-3)72-66(69)60-57-54-51-48-45-42-38-26-23-20-17-14-11-8-5-2/h7-8,10-11,16-17,19-20,25-26,28,30-31,38,45,48,54,57,63H,4-6,9,12-15,18,21-24,27,29,32-37,39-44,46-47,49-53,55-56,58-62H2,1-3H3/b10-7-,11-8-,19-16-,20-17-,28-25-,31-30-,38-26-,48-45-,57-54-.